The molecule has 1 aromatic rings. The van der Waals surface area contributed by atoms with Crippen LogP contribution in [0.5, 0.6) is 0 Å². The third-order valence-electron chi connectivity index (χ3n) is 3.37. The van der Waals surface area contributed by atoms with Crippen molar-refractivity contribution in [2.24, 2.45) is 12.8 Å². The third kappa shape index (κ3) is 3.14. The number of nitrogens with two attached hydrogens (primary N) is 1. The molecule has 0 atom stereocenters. The fourth-order valence-corrected chi connectivity index (χ4v) is 2.39. The first-order chi connectivity index (χ1) is 9.09. The van der Waals surface area contributed by atoms with Gasteiger partial charge in [-0.15, -0.1) is 0 Å². The van der Waals surface area contributed by atoms with Gasteiger partial charge in [0.25, 0.3) is 5.91 Å². The van der Waals surface area contributed by atoms with E-state index in [1.54, 1.807) is 11.6 Å². The van der Waals surface area contributed by atoms with E-state index in [-0.39, 0.29) is 0 Å². The summed E-state index contributed by atoms with van der Waals surface area (Å²) >= 11 is 0. The Hall–Kier alpha value is -1.82. The van der Waals surface area contributed by atoms with Crippen molar-refractivity contribution >= 4 is 11.7 Å². The summed E-state index contributed by atoms with van der Waals surface area (Å²) in [5.74, 6) is 0.272. The van der Waals surface area contributed by atoms with Crippen molar-refractivity contribution in [3.8, 4) is 0 Å². The standard InChI is InChI=1S/C13H21N5O/c1-9-11(12(14)19)13(18(2)17-9)16-8-5-10-3-6-15-7-4-10/h3,15-16H,4-8H2,1-2H3,(H2,14,19). The van der Waals surface area contributed by atoms with Crippen molar-refractivity contribution in [3.05, 3.63) is 22.9 Å². The molecule has 2 heterocycles. The van der Waals surface area contributed by atoms with Gasteiger partial charge in [-0.1, -0.05) is 11.6 Å². The molecule has 0 saturated carbocycles. The van der Waals surface area contributed by atoms with E-state index in [4.69, 9.17) is 5.73 Å². The van der Waals surface area contributed by atoms with E-state index in [1.165, 1.54) is 5.57 Å². The van der Waals surface area contributed by atoms with Gasteiger partial charge in [0.2, 0.25) is 0 Å². The SMILES string of the molecule is Cc1nn(C)c(NCCC2=CCNCC2)c1C(N)=O. The highest BCUT2D eigenvalue weighted by molar-refractivity contribution is 5.98. The Labute approximate surface area is 113 Å². The van der Waals surface area contributed by atoms with Gasteiger partial charge >= 0.3 is 0 Å². The normalized spacial score (nSPS) is 15.2. The molecule has 6 nitrogen and oxygen atoms in total. The van der Waals surface area contributed by atoms with Crippen molar-refractivity contribution in [3.63, 3.8) is 0 Å². The predicted octanol–water partition coefficient (Wildman–Crippen LogP) is 0.549. The van der Waals surface area contributed by atoms with Crippen LogP contribution in [0.4, 0.5) is 5.82 Å². The minimum Gasteiger partial charge on any atom is -0.369 e. The highest BCUT2D eigenvalue weighted by Gasteiger charge is 2.17. The van der Waals surface area contributed by atoms with Crippen LogP contribution in [0.3, 0.4) is 0 Å². The molecule has 1 amide bonds. The lowest BCUT2D eigenvalue weighted by atomic mass is 10.1. The zero-order valence-corrected chi connectivity index (χ0v) is 11.5. The number of aromatic nitrogens is 2. The predicted molar refractivity (Wildman–Crippen MR) is 75.1 cm³/mol. The van der Waals surface area contributed by atoms with E-state index in [1.807, 2.05) is 7.05 Å². The summed E-state index contributed by atoms with van der Waals surface area (Å²) in [7, 11) is 1.81. The van der Waals surface area contributed by atoms with Gasteiger partial charge in [-0.2, -0.15) is 5.10 Å². The molecular formula is C13H21N5O. The average molecular weight is 263 g/mol. The minimum absolute atomic E-state index is 0.436. The molecule has 0 saturated heterocycles. The Morgan fingerprint density at radius 2 is 2.42 bits per heavy atom. The number of hydrogen-bond acceptors (Lipinski definition) is 4. The van der Waals surface area contributed by atoms with Crippen molar-refractivity contribution in [1.29, 1.82) is 0 Å². The molecule has 19 heavy (non-hydrogen) atoms. The highest BCUT2D eigenvalue weighted by Crippen LogP contribution is 2.18. The number of carbonyl (C=O) groups excluding carboxylic acids is 1. The van der Waals surface area contributed by atoms with Crippen LogP contribution in [0, 0.1) is 6.92 Å². The molecule has 4 N–H and O–H groups in total. The number of amides is 1. The quantitative estimate of drug-likeness (QED) is 0.677. The van der Waals surface area contributed by atoms with Crippen molar-refractivity contribution in [1.82, 2.24) is 15.1 Å². The zero-order chi connectivity index (χ0) is 13.8. The van der Waals surface area contributed by atoms with Gasteiger partial charge in [0.1, 0.15) is 11.4 Å². The van der Waals surface area contributed by atoms with E-state index >= 15 is 0 Å². The van der Waals surface area contributed by atoms with E-state index < -0.39 is 5.91 Å². The molecule has 1 aliphatic heterocycles. The highest BCUT2D eigenvalue weighted by atomic mass is 16.1. The number of anilines is 1. The summed E-state index contributed by atoms with van der Waals surface area (Å²) in [6, 6.07) is 0. The number of hydrogen-bond donors (Lipinski definition) is 3. The maximum atomic E-state index is 11.4. The maximum Gasteiger partial charge on any atom is 0.254 e. The number of nitrogens with zero attached hydrogens (tertiary/aromatic N) is 2. The van der Waals surface area contributed by atoms with Crippen LogP contribution in [0.25, 0.3) is 0 Å². The molecule has 6 heteroatoms. The molecule has 0 aromatic carbocycles. The van der Waals surface area contributed by atoms with Crippen LogP contribution in [-0.2, 0) is 7.05 Å². The van der Waals surface area contributed by atoms with Gasteiger partial charge in [0.05, 0.1) is 5.69 Å². The van der Waals surface area contributed by atoms with Gasteiger partial charge < -0.3 is 16.4 Å². The Morgan fingerprint density at radius 3 is 3.05 bits per heavy atom. The van der Waals surface area contributed by atoms with Crippen molar-refractivity contribution in [2.75, 3.05) is 25.0 Å². The third-order valence-corrected chi connectivity index (χ3v) is 3.37. The lowest BCUT2D eigenvalue weighted by molar-refractivity contribution is 0.100. The number of rotatable bonds is 5. The number of carbonyl (C=O) groups is 1. The van der Waals surface area contributed by atoms with Crippen molar-refractivity contribution < 1.29 is 4.79 Å². The molecule has 0 bridgehead atoms. The van der Waals surface area contributed by atoms with Crippen LogP contribution in [0.2, 0.25) is 0 Å². The molecule has 1 aromatic heterocycles. The molecule has 0 radical (unpaired) electrons. The fourth-order valence-electron chi connectivity index (χ4n) is 2.39. The molecule has 104 valence electrons. The van der Waals surface area contributed by atoms with Crippen LogP contribution in [0.15, 0.2) is 11.6 Å². The van der Waals surface area contributed by atoms with E-state index in [0.29, 0.717) is 17.1 Å². The first-order valence-corrected chi connectivity index (χ1v) is 6.55. The monoisotopic (exact) mass is 263 g/mol. The van der Waals surface area contributed by atoms with Crippen LogP contribution >= 0.6 is 0 Å². The molecule has 0 spiro atoms. The van der Waals surface area contributed by atoms with Crippen LogP contribution < -0.4 is 16.4 Å². The van der Waals surface area contributed by atoms with Gasteiger partial charge in [-0.3, -0.25) is 9.48 Å². The van der Waals surface area contributed by atoms with Gasteiger partial charge in [-0.05, 0) is 26.3 Å². The lowest BCUT2D eigenvalue weighted by Crippen LogP contribution is -2.21. The van der Waals surface area contributed by atoms with Crippen LogP contribution in [0.1, 0.15) is 28.9 Å². The molecule has 0 aliphatic carbocycles. The molecule has 2 rings (SSSR count). The minimum atomic E-state index is -0.436. The summed E-state index contributed by atoms with van der Waals surface area (Å²) in [5, 5.41) is 10.8. The zero-order valence-electron chi connectivity index (χ0n) is 11.5. The second kappa shape index (κ2) is 5.88. The average Bonchev–Trinajstić information content (AvgIpc) is 2.65. The van der Waals surface area contributed by atoms with E-state index in [9.17, 15) is 4.79 Å². The van der Waals surface area contributed by atoms with Gasteiger partial charge in [0.15, 0.2) is 0 Å². The molecular weight excluding hydrogens is 242 g/mol. The summed E-state index contributed by atoms with van der Waals surface area (Å²) in [6.45, 7) is 4.57. The Kier molecular flexibility index (Phi) is 4.21. The van der Waals surface area contributed by atoms with Gasteiger partial charge in [0, 0.05) is 20.1 Å². The topological polar surface area (TPSA) is 85.0 Å². The van der Waals surface area contributed by atoms with Gasteiger partial charge in [-0.25, -0.2) is 0 Å². The molecule has 0 unspecified atom stereocenters. The second-order valence-electron chi connectivity index (χ2n) is 4.79. The summed E-state index contributed by atoms with van der Waals surface area (Å²) < 4.78 is 1.67. The Bertz CT molecular complexity index is 503. The summed E-state index contributed by atoms with van der Waals surface area (Å²) in [6.07, 6.45) is 4.30. The fraction of sp³-hybridized carbons (Fsp3) is 0.538. The Balaban J connectivity index is 1.99. The first kappa shape index (κ1) is 13.6. The Morgan fingerprint density at radius 1 is 1.63 bits per heavy atom. The second-order valence-corrected chi connectivity index (χ2v) is 4.79. The maximum absolute atomic E-state index is 11.4. The largest absolute Gasteiger partial charge is 0.369 e. The number of primary amides is 1. The smallest absolute Gasteiger partial charge is 0.254 e. The summed E-state index contributed by atoms with van der Waals surface area (Å²) in [5.41, 5.74) is 7.99. The first-order valence-electron chi connectivity index (χ1n) is 6.55. The van der Waals surface area contributed by atoms with E-state index in [2.05, 4.69) is 21.8 Å². The van der Waals surface area contributed by atoms with Crippen molar-refractivity contribution in [2.45, 2.75) is 19.8 Å². The summed E-state index contributed by atoms with van der Waals surface area (Å²) in [4.78, 5) is 11.4. The number of aryl methyl sites for hydroxylation is 2. The lowest BCUT2D eigenvalue weighted by Gasteiger charge is -2.15. The van der Waals surface area contributed by atoms with Crippen LogP contribution in [-0.4, -0.2) is 35.3 Å². The number of nitrogens with one attached hydrogen (secondary N) is 2. The van der Waals surface area contributed by atoms with E-state index in [0.717, 1.165) is 32.5 Å². The molecule has 0 fully saturated rings. The molecule has 1 aliphatic rings.